The first-order valence-electron chi connectivity index (χ1n) is 7.87. The highest BCUT2D eigenvalue weighted by atomic mass is 16.5. The van der Waals surface area contributed by atoms with Crippen molar-refractivity contribution in [2.75, 3.05) is 26.4 Å². The van der Waals surface area contributed by atoms with Crippen molar-refractivity contribution in [3.8, 4) is 11.5 Å². The summed E-state index contributed by atoms with van der Waals surface area (Å²) in [5.74, 6) is 1.63. The Morgan fingerprint density at radius 2 is 1.86 bits per heavy atom. The molecule has 1 aromatic carbocycles. The van der Waals surface area contributed by atoms with E-state index in [4.69, 9.17) is 14.2 Å². The van der Waals surface area contributed by atoms with Crippen LogP contribution in [0.15, 0.2) is 18.2 Å². The predicted octanol–water partition coefficient (Wildman–Crippen LogP) is 3.39. The summed E-state index contributed by atoms with van der Waals surface area (Å²) in [5.41, 5.74) is 1.12. The molecule has 0 saturated carbocycles. The van der Waals surface area contributed by atoms with Gasteiger partial charge in [-0.1, -0.05) is 32.9 Å². The molecule has 0 aliphatic rings. The molecule has 1 N–H and O–H groups in total. The first-order valence-corrected chi connectivity index (χ1v) is 7.87. The van der Waals surface area contributed by atoms with Crippen LogP contribution in [0, 0.1) is 0 Å². The van der Waals surface area contributed by atoms with Crippen molar-refractivity contribution in [2.24, 2.45) is 0 Å². The third-order valence-electron chi connectivity index (χ3n) is 2.88. The van der Waals surface area contributed by atoms with E-state index in [9.17, 15) is 0 Å². The lowest BCUT2D eigenvalue weighted by molar-refractivity contribution is 0.0988. The fourth-order valence-corrected chi connectivity index (χ4v) is 1.90. The van der Waals surface area contributed by atoms with Crippen molar-refractivity contribution in [2.45, 2.75) is 46.7 Å². The summed E-state index contributed by atoms with van der Waals surface area (Å²) in [4.78, 5) is 0. The minimum absolute atomic E-state index is 0.432. The molecule has 0 spiro atoms. The summed E-state index contributed by atoms with van der Waals surface area (Å²) < 4.78 is 17.0. The van der Waals surface area contributed by atoms with Gasteiger partial charge in [0.15, 0.2) is 11.5 Å². The lowest BCUT2D eigenvalue weighted by atomic mass is 10.1. The Morgan fingerprint density at radius 3 is 2.52 bits per heavy atom. The van der Waals surface area contributed by atoms with Crippen molar-refractivity contribution < 1.29 is 14.2 Å². The van der Waals surface area contributed by atoms with E-state index >= 15 is 0 Å². The van der Waals surface area contributed by atoms with Gasteiger partial charge in [0.25, 0.3) is 0 Å². The predicted molar refractivity (Wildman–Crippen MR) is 86.2 cm³/mol. The minimum atomic E-state index is 0.432. The first-order chi connectivity index (χ1) is 10.2. The molecule has 0 amide bonds. The van der Waals surface area contributed by atoms with Gasteiger partial charge in [-0.25, -0.2) is 0 Å². The van der Waals surface area contributed by atoms with E-state index < -0.39 is 0 Å². The van der Waals surface area contributed by atoms with Gasteiger partial charge < -0.3 is 19.5 Å². The lowest BCUT2D eigenvalue weighted by Gasteiger charge is -2.17. The normalized spacial score (nSPS) is 10.9. The quantitative estimate of drug-likeness (QED) is 0.635. The molecule has 0 radical (unpaired) electrons. The fourth-order valence-electron chi connectivity index (χ4n) is 1.90. The molecule has 1 aromatic rings. The summed E-state index contributed by atoms with van der Waals surface area (Å²) in [6.45, 7) is 11.7. The molecule has 0 aliphatic heterocycles. The number of nitrogens with one attached hydrogen (secondary N) is 1. The first kappa shape index (κ1) is 17.8. The zero-order chi connectivity index (χ0) is 15.5. The Bertz CT molecular complexity index is 394. The van der Waals surface area contributed by atoms with Crippen molar-refractivity contribution in [1.82, 2.24) is 5.32 Å². The zero-order valence-electron chi connectivity index (χ0n) is 13.8. The molecule has 0 saturated heterocycles. The number of para-hydroxylation sites is 1. The van der Waals surface area contributed by atoms with E-state index in [1.807, 2.05) is 19.1 Å². The van der Waals surface area contributed by atoms with Crippen LogP contribution in [-0.4, -0.2) is 32.5 Å². The van der Waals surface area contributed by atoms with Crippen molar-refractivity contribution in [3.63, 3.8) is 0 Å². The molecular formula is C17H29NO3. The number of ether oxygens (including phenoxy) is 3. The SMILES string of the molecule is CCCOCCOc1c(CNC(C)C)cccc1OCC. The maximum Gasteiger partial charge on any atom is 0.165 e. The Hall–Kier alpha value is -1.26. The van der Waals surface area contributed by atoms with Crippen LogP contribution in [0.5, 0.6) is 11.5 Å². The van der Waals surface area contributed by atoms with Gasteiger partial charge in [0.1, 0.15) is 6.61 Å². The molecule has 0 aliphatic carbocycles. The molecule has 21 heavy (non-hydrogen) atoms. The third kappa shape index (κ3) is 6.82. The Kier molecular flexibility index (Phi) is 8.87. The van der Waals surface area contributed by atoms with E-state index in [0.717, 1.165) is 36.6 Å². The standard InChI is InChI=1S/C17H29NO3/c1-5-10-19-11-12-21-17-15(13-18-14(3)4)8-7-9-16(17)20-6-2/h7-9,14,18H,5-6,10-13H2,1-4H3. The monoisotopic (exact) mass is 295 g/mol. The molecule has 0 fully saturated rings. The molecule has 0 unspecified atom stereocenters. The van der Waals surface area contributed by atoms with Crippen LogP contribution in [0.25, 0.3) is 0 Å². The summed E-state index contributed by atoms with van der Waals surface area (Å²) in [6.07, 6.45) is 1.03. The summed E-state index contributed by atoms with van der Waals surface area (Å²) in [6, 6.07) is 6.45. The van der Waals surface area contributed by atoms with Crippen LogP contribution in [0.2, 0.25) is 0 Å². The van der Waals surface area contributed by atoms with Crippen LogP contribution >= 0.6 is 0 Å². The molecule has 0 heterocycles. The molecule has 1 rings (SSSR count). The van der Waals surface area contributed by atoms with E-state index in [2.05, 4.69) is 32.2 Å². The molecule has 0 aromatic heterocycles. The second-order valence-corrected chi connectivity index (χ2v) is 5.17. The van der Waals surface area contributed by atoms with Gasteiger partial charge in [-0.2, -0.15) is 0 Å². The van der Waals surface area contributed by atoms with E-state index in [1.54, 1.807) is 0 Å². The van der Waals surface area contributed by atoms with Crippen LogP contribution in [0.1, 0.15) is 39.7 Å². The number of hydrogen-bond donors (Lipinski definition) is 1. The van der Waals surface area contributed by atoms with Crippen molar-refractivity contribution in [3.05, 3.63) is 23.8 Å². The van der Waals surface area contributed by atoms with E-state index in [0.29, 0.717) is 25.9 Å². The van der Waals surface area contributed by atoms with Gasteiger partial charge in [0.05, 0.1) is 13.2 Å². The van der Waals surface area contributed by atoms with Gasteiger partial charge in [-0.05, 0) is 19.4 Å². The molecule has 120 valence electrons. The van der Waals surface area contributed by atoms with Crippen molar-refractivity contribution in [1.29, 1.82) is 0 Å². The highest BCUT2D eigenvalue weighted by Gasteiger charge is 2.11. The van der Waals surface area contributed by atoms with Gasteiger partial charge >= 0.3 is 0 Å². The zero-order valence-corrected chi connectivity index (χ0v) is 13.8. The number of benzene rings is 1. The molecule has 0 atom stereocenters. The minimum Gasteiger partial charge on any atom is -0.490 e. The van der Waals surface area contributed by atoms with Crippen LogP contribution < -0.4 is 14.8 Å². The maximum absolute atomic E-state index is 5.91. The summed E-state index contributed by atoms with van der Waals surface area (Å²) >= 11 is 0. The highest BCUT2D eigenvalue weighted by Crippen LogP contribution is 2.31. The lowest BCUT2D eigenvalue weighted by Crippen LogP contribution is -2.22. The Balaban J connectivity index is 2.69. The number of rotatable bonds is 11. The van der Waals surface area contributed by atoms with Gasteiger partial charge in [0, 0.05) is 24.8 Å². The average Bonchev–Trinajstić information content (AvgIpc) is 2.46. The Morgan fingerprint density at radius 1 is 1.05 bits per heavy atom. The number of hydrogen-bond acceptors (Lipinski definition) is 4. The second-order valence-electron chi connectivity index (χ2n) is 5.17. The average molecular weight is 295 g/mol. The van der Waals surface area contributed by atoms with Gasteiger partial charge in [-0.15, -0.1) is 0 Å². The van der Waals surface area contributed by atoms with Gasteiger partial charge in [-0.3, -0.25) is 0 Å². The largest absolute Gasteiger partial charge is 0.490 e. The van der Waals surface area contributed by atoms with Crippen LogP contribution in [0.3, 0.4) is 0 Å². The van der Waals surface area contributed by atoms with Gasteiger partial charge in [0.2, 0.25) is 0 Å². The summed E-state index contributed by atoms with van der Waals surface area (Å²) in [5, 5.41) is 3.42. The van der Waals surface area contributed by atoms with Crippen molar-refractivity contribution >= 4 is 0 Å². The summed E-state index contributed by atoms with van der Waals surface area (Å²) in [7, 11) is 0. The molecule has 4 heteroatoms. The molecular weight excluding hydrogens is 266 g/mol. The highest BCUT2D eigenvalue weighted by molar-refractivity contribution is 5.46. The Labute approximate surface area is 128 Å². The fraction of sp³-hybridized carbons (Fsp3) is 0.647. The smallest absolute Gasteiger partial charge is 0.165 e. The van der Waals surface area contributed by atoms with Crippen LogP contribution in [-0.2, 0) is 11.3 Å². The maximum atomic E-state index is 5.91. The second kappa shape index (κ2) is 10.5. The van der Waals surface area contributed by atoms with Crippen LogP contribution in [0.4, 0.5) is 0 Å². The molecule has 0 bridgehead atoms. The van der Waals surface area contributed by atoms with E-state index in [-0.39, 0.29) is 0 Å². The van der Waals surface area contributed by atoms with E-state index in [1.165, 1.54) is 0 Å². The topological polar surface area (TPSA) is 39.7 Å². The third-order valence-corrected chi connectivity index (χ3v) is 2.88. The molecule has 4 nitrogen and oxygen atoms in total.